The first-order valence-electron chi connectivity index (χ1n) is 6.13. The fourth-order valence-corrected chi connectivity index (χ4v) is 3.23. The van der Waals surface area contributed by atoms with Gasteiger partial charge in [0.15, 0.2) is 0 Å². The minimum Gasteiger partial charge on any atom is -0.299 e. The van der Waals surface area contributed by atoms with Crippen molar-refractivity contribution in [3.05, 3.63) is 35.9 Å². The molecule has 18 heavy (non-hydrogen) atoms. The van der Waals surface area contributed by atoms with Crippen molar-refractivity contribution in [2.75, 3.05) is 19.6 Å². The van der Waals surface area contributed by atoms with Crippen LogP contribution in [0.1, 0.15) is 23.7 Å². The van der Waals surface area contributed by atoms with Gasteiger partial charge in [0.2, 0.25) is 5.12 Å². The van der Waals surface area contributed by atoms with Crippen LogP contribution in [0.3, 0.4) is 0 Å². The van der Waals surface area contributed by atoms with Crippen molar-refractivity contribution in [3.8, 4) is 0 Å². The fourth-order valence-electron chi connectivity index (χ4n) is 2.15. The van der Waals surface area contributed by atoms with Gasteiger partial charge in [0, 0.05) is 17.4 Å². The molecule has 1 aromatic rings. The highest BCUT2D eigenvalue weighted by Crippen LogP contribution is 2.25. The maximum atomic E-state index is 12.0. The number of ketones is 1. The second-order valence-corrected chi connectivity index (χ2v) is 5.89. The van der Waals surface area contributed by atoms with Gasteiger partial charge < -0.3 is 0 Å². The van der Waals surface area contributed by atoms with Gasteiger partial charge in [0.25, 0.3) is 0 Å². The summed E-state index contributed by atoms with van der Waals surface area (Å²) in [6.45, 7) is 3.87. The number of thioether (sulfide) groups is 1. The number of likely N-dealkylation sites (tertiary alicyclic amines) is 1. The third-order valence-electron chi connectivity index (χ3n) is 2.96. The van der Waals surface area contributed by atoms with Gasteiger partial charge in [-0.3, -0.25) is 14.5 Å². The Bertz CT molecular complexity index is 433. The molecule has 0 spiro atoms. The molecule has 0 aliphatic carbocycles. The van der Waals surface area contributed by atoms with Crippen molar-refractivity contribution in [3.63, 3.8) is 0 Å². The van der Waals surface area contributed by atoms with Crippen LogP contribution in [0.5, 0.6) is 0 Å². The molecule has 1 heterocycles. The molecule has 96 valence electrons. The molecular formula is C14H17NO2S. The molecular weight excluding hydrogens is 246 g/mol. The molecule has 1 aromatic carbocycles. The zero-order chi connectivity index (χ0) is 13.0. The molecule has 4 heteroatoms. The number of benzene rings is 1. The van der Waals surface area contributed by atoms with Gasteiger partial charge in [-0.05, 0) is 19.9 Å². The van der Waals surface area contributed by atoms with Crippen molar-refractivity contribution in [1.29, 1.82) is 0 Å². The van der Waals surface area contributed by atoms with Gasteiger partial charge in [0.05, 0.1) is 6.54 Å². The van der Waals surface area contributed by atoms with Crippen molar-refractivity contribution in [2.45, 2.75) is 18.6 Å². The van der Waals surface area contributed by atoms with E-state index in [0.29, 0.717) is 11.8 Å². The number of carbonyl (C=O) groups excluding carboxylic acids is 2. The number of rotatable bonds is 4. The Labute approximate surface area is 112 Å². The topological polar surface area (TPSA) is 37.4 Å². The lowest BCUT2D eigenvalue weighted by atomic mass is 10.2. The highest BCUT2D eigenvalue weighted by molar-refractivity contribution is 8.14. The Kier molecular flexibility index (Phi) is 4.55. The van der Waals surface area contributed by atoms with E-state index in [1.54, 1.807) is 6.92 Å². The highest BCUT2D eigenvalue weighted by Gasteiger charge is 2.25. The lowest BCUT2D eigenvalue weighted by Gasteiger charge is -2.13. The predicted octanol–water partition coefficient (Wildman–Crippen LogP) is 2.22. The molecule has 3 nitrogen and oxygen atoms in total. The molecule has 0 aromatic heterocycles. The SMILES string of the molecule is CC(=O)CN1CCC(SC(=O)c2ccccc2)C1. The fraction of sp³-hybridized carbons (Fsp3) is 0.429. The summed E-state index contributed by atoms with van der Waals surface area (Å²) in [7, 11) is 0. The Morgan fingerprint density at radius 1 is 1.33 bits per heavy atom. The first kappa shape index (κ1) is 13.3. The summed E-state index contributed by atoms with van der Waals surface area (Å²) in [4.78, 5) is 25.2. The van der Waals surface area contributed by atoms with E-state index < -0.39 is 0 Å². The number of hydrogen-bond acceptors (Lipinski definition) is 4. The van der Waals surface area contributed by atoms with Gasteiger partial charge in [-0.2, -0.15) is 0 Å². The van der Waals surface area contributed by atoms with E-state index in [0.717, 1.165) is 25.1 Å². The number of Topliss-reactive ketones (excluding diaryl/α,β-unsaturated/α-hetero) is 1. The summed E-state index contributed by atoms with van der Waals surface area (Å²) in [5.41, 5.74) is 0.757. The van der Waals surface area contributed by atoms with E-state index in [1.165, 1.54) is 11.8 Å². The number of hydrogen-bond donors (Lipinski definition) is 0. The van der Waals surface area contributed by atoms with Gasteiger partial charge >= 0.3 is 0 Å². The van der Waals surface area contributed by atoms with E-state index in [9.17, 15) is 9.59 Å². The lowest BCUT2D eigenvalue weighted by Crippen LogP contribution is -2.26. The lowest BCUT2D eigenvalue weighted by molar-refractivity contribution is -0.117. The van der Waals surface area contributed by atoms with Crippen molar-refractivity contribution < 1.29 is 9.59 Å². The molecule has 1 saturated heterocycles. The zero-order valence-electron chi connectivity index (χ0n) is 10.5. The van der Waals surface area contributed by atoms with E-state index >= 15 is 0 Å². The second kappa shape index (κ2) is 6.16. The first-order valence-corrected chi connectivity index (χ1v) is 7.01. The normalized spacial score (nSPS) is 19.9. The maximum Gasteiger partial charge on any atom is 0.219 e. The smallest absolute Gasteiger partial charge is 0.219 e. The van der Waals surface area contributed by atoms with E-state index in [-0.39, 0.29) is 10.9 Å². The highest BCUT2D eigenvalue weighted by atomic mass is 32.2. The molecule has 1 atom stereocenters. The van der Waals surface area contributed by atoms with Crippen LogP contribution >= 0.6 is 11.8 Å². The largest absolute Gasteiger partial charge is 0.299 e. The first-order chi connectivity index (χ1) is 8.65. The Morgan fingerprint density at radius 3 is 2.72 bits per heavy atom. The van der Waals surface area contributed by atoms with Crippen LogP contribution in [0.4, 0.5) is 0 Å². The van der Waals surface area contributed by atoms with Crippen molar-refractivity contribution in [2.24, 2.45) is 0 Å². The van der Waals surface area contributed by atoms with Gasteiger partial charge in [0.1, 0.15) is 5.78 Å². The second-order valence-electron chi connectivity index (χ2n) is 4.62. The molecule has 1 aliphatic rings. The molecule has 1 fully saturated rings. The van der Waals surface area contributed by atoms with Crippen molar-refractivity contribution >= 4 is 22.7 Å². The Hall–Kier alpha value is -1.13. The third-order valence-corrected chi connectivity index (χ3v) is 4.13. The number of carbonyl (C=O) groups is 2. The van der Waals surface area contributed by atoms with Crippen LogP contribution in [0, 0.1) is 0 Å². The van der Waals surface area contributed by atoms with Crippen LogP contribution in [0.25, 0.3) is 0 Å². The third kappa shape index (κ3) is 3.68. The minimum atomic E-state index is 0.130. The van der Waals surface area contributed by atoms with E-state index in [1.807, 2.05) is 30.3 Å². The molecule has 0 amide bonds. The average molecular weight is 263 g/mol. The molecule has 2 rings (SSSR count). The van der Waals surface area contributed by atoms with Crippen molar-refractivity contribution in [1.82, 2.24) is 4.90 Å². The maximum absolute atomic E-state index is 12.0. The summed E-state index contributed by atoms with van der Waals surface area (Å²) in [6, 6.07) is 9.36. The summed E-state index contributed by atoms with van der Waals surface area (Å²) >= 11 is 1.40. The standard InChI is InChI=1S/C14H17NO2S/c1-11(16)9-15-8-7-13(10-15)18-14(17)12-5-3-2-4-6-12/h2-6,13H,7-10H2,1H3. The average Bonchev–Trinajstić information content (AvgIpc) is 2.76. The van der Waals surface area contributed by atoms with Crippen LogP contribution < -0.4 is 0 Å². The quantitative estimate of drug-likeness (QED) is 0.835. The summed E-state index contributed by atoms with van der Waals surface area (Å²) in [5, 5.41) is 0.447. The predicted molar refractivity (Wildman–Crippen MR) is 73.9 cm³/mol. The molecule has 1 unspecified atom stereocenters. The van der Waals surface area contributed by atoms with E-state index in [2.05, 4.69) is 4.90 Å². The van der Waals surface area contributed by atoms with Crippen LogP contribution in [-0.2, 0) is 4.79 Å². The summed E-state index contributed by atoms with van der Waals surface area (Å²) in [5.74, 6) is 0.190. The van der Waals surface area contributed by atoms with Crippen LogP contribution in [-0.4, -0.2) is 40.7 Å². The van der Waals surface area contributed by atoms with Crippen LogP contribution in [0.2, 0.25) is 0 Å². The van der Waals surface area contributed by atoms with E-state index in [4.69, 9.17) is 0 Å². The Balaban J connectivity index is 1.85. The monoisotopic (exact) mass is 263 g/mol. The zero-order valence-corrected chi connectivity index (χ0v) is 11.3. The van der Waals surface area contributed by atoms with Gasteiger partial charge in [-0.1, -0.05) is 42.1 Å². The van der Waals surface area contributed by atoms with Crippen LogP contribution in [0.15, 0.2) is 30.3 Å². The molecule has 0 bridgehead atoms. The molecule has 0 N–H and O–H groups in total. The molecule has 1 aliphatic heterocycles. The van der Waals surface area contributed by atoms with Gasteiger partial charge in [-0.15, -0.1) is 0 Å². The van der Waals surface area contributed by atoms with Gasteiger partial charge in [-0.25, -0.2) is 0 Å². The minimum absolute atomic E-state index is 0.130. The molecule has 0 radical (unpaired) electrons. The molecule has 0 saturated carbocycles. The Morgan fingerprint density at radius 2 is 2.06 bits per heavy atom. The summed E-state index contributed by atoms with van der Waals surface area (Å²) in [6.07, 6.45) is 0.983. The summed E-state index contributed by atoms with van der Waals surface area (Å²) < 4.78 is 0. The number of nitrogens with zero attached hydrogens (tertiary/aromatic N) is 1.